The number of β-amino-alcohol motifs (C(OH)–C–C–N with tert-alkyl or cyclic N) is 1. The minimum Gasteiger partial charge on any atom is -0.391 e. The first-order chi connectivity index (χ1) is 29.7. The Kier molecular flexibility index (Phi) is 13.3. The Morgan fingerprint density at radius 2 is 1.71 bits per heavy atom. The molecule has 0 bridgehead atoms. The topological polar surface area (TPSA) is 220 Å². The number of hydrogen-bond donors (Lipinski definition) is 5. The lowest BCUT2D eigenvalue weighted by Gasteiger charge is -2.35. The van der Waals surface area contributed by atoms with Crippen LogP contribution in [0.4, 0.5) is 5.69 Å². The van der Waals surface area contributed by atoms with Gasteiger partial charge < -0.3 is 31.3 Å². The number of anilines is 1. The number of fused-ring (bicyclic) bond motifs is 1. The van der Waals surface area contributed by atoms with E-state index in [1.54, 1.807) is 16.8 Å². The number of rotatable bonds is 13. The second kappa shape index (κ2) is 18.8. The molecule has 17 heteroatoms. The minimum atomic E-state index is -0.981. The van der Waals surface area contributed by atoms with Crippen LogP contribution in [0.2, 0.25) is 0 Å². The van der Waals surface area contributed by atoms with E-state index in [0.29, 0.717) is 5.56 Å². The Bertz CT molecular complexity index is 2470. The van der Waals surface area contributed by atoms with Gasteiger partial charge in [0.2, 0.25) is 23.6 Å². The standard InChI is InChI=1S/C45H53N11O5S/c1-26(28-9-7-6-8-10-28)50-41(60)37-20-32(57)25-55(37)44(61)40(45(2,3)4)52-39(59)18-17-38(58)51-30-13-11-29(12-14-30)42-53-54-43(62-42)33-24-48-35(21-34(33)47-5)36-16-15-31-19-27(22-46)23-49-56(31)36/h6-10,15-16,19,21,23-24,26,29-30,32,37,40,57H,11-14,17-18,20,25H2,1-5H3,(H,47,48)(H,50,60)(H,51,58)(H,52,59)/t26-,29-,30-,32+,37-,40+/m0/s1. The summed E-state index contributed by atoms with van der Waals surface area (Å²) in [7, 11) is 1.85. The highest BCUT2D eigenvalue weighted by molar-refractivity contribution is 7.14. The van der Waals surface area contributed by atoms with Crippen molar-refractivity contribution >= 4 is 46.2 Å². The predicted molar refractivity (Wildman–Crippen MR) is 234 cm³/mol. The molecule has 1 aliphatic carbocycles. The molecule has 324 valence electrons. The third kappa shape index (κ3) is 9.93. The SMILES string of the molecule is CNc1cc(-c2ccc3cc(C#N)cnn23)ncc1-c1nnc([C@H]2CC[C@H](NC(=O)CCC(=O)N[C@H](C(=O)N3C[C@H](O)C[C@H]3C(=O)N[C@@H](C)c3ccccc3)C(C)(C)C)CC2)s1. The molecule has 1 aliphatic heterocycles. The van der Waals surface area contributed by atoms with Crippen molar-refractivity contribution in [1.29, 1.82) is 5.26 Å². The average molecular weight is 860 g/mol. The quantitative estimate of drug-likeness (QED) is 0.105. The zero-order valence-corrected chi connectivity index (χ0v) is 36.4. The maximum absolute atomic E-state index is 14.0. The first-order valence-corrected chi connectivity index (χ1v) is 21.9. The predicted octanol–water partition coefficient (Wildman–Crippen LogP) is 5.12. The van der Waals surface area contributed by atoms with Crippen LogP contribution in [0.3, 0.4) is 0 Å². The third-order valence-corrected chi connectivity index (χ3v) is 12.8. The van der Waals surface area contributed by atoms with Crippen molar-refractivity contribution in [1.82, 2.24) is 45.6 Å². The second-order valence-corrected chi connectivity index (χ2v) is 18.3. The van der Waals surface area contributed by atoms with Crippen molar-refractivity contribution in [2.24, 2.45) is 5.41 Å². The van der Waals surface area contributed by atoms with Crippen LogP contribution < -0.4 is 21.3 Å². The van der Waals surface area contributed by atoms with Gasteiger partial charge in [-0.3, -0.25) is 24.2 Å². The number of nitrogens with one attached hydrogen (secondary N) is 4. The summed E-state index contributed by atoms with van der Waals surface area (Å²) in [6.45, 7) is 7.32. The van der Waals surface area contributed by atoms with Crippen molar-refractivity contribution < 1.29 is 24.3 Å². The fourth-order valence-corrected chi connectivity index (χ4v) is 9.27. The molecule has 5 N–H and O–H groups in total. The number of hydrogen-bond acceptors (Lipinski definition) is 12. The molecule has 16 nitrogen and oxygen atoms in total. The van der Waals surface area contributed by atoms with Crippen molar-refractivity contribution in [2.45, 2.75) is 109 Å². The van der Waals surface area contributed by atoms with Gasteiger partial charge in [0.15, 0.2) is 5.01 Å². The fourth-order valence-electron chi connectivity index (χ4n) is 8.24. The van der Waals surface area contributed by atoms with E-state index in [1.807, 2.05) is 83.3 Å². The Morgan fingerprint density at radius 3 is 2.42 bits per heavy atom. The summed E-state index contributed by atoms with van der Waals surface area (Å²) >= 11 is 1.54. The average Bonchev–Trinajstić information content (AvgIpc) is 4.03. The lowest BCUT2D eigenvalue weighted by Crippen LogP contribution is -2.57. The highest BCUT2D eigenvalue weighted by Gasteiger charge is 2.44. The van der Waals surface area contributed by atoms with Gasteiger partial charge in [-0.25, -0.2) is 4.52 Å². The summed E-state index contributed by atoms with van der Waals surface area (Å²) in [5, 5.41) is 47.1. The number of aliphatic hydroxyl groups excluding tert-OH is 1. The van der Waals surface area contributed by atoms with Gasteiger partial charge in [0.25, 0.3) is 0 Å². The summed E-state index contributed by atoms with van der Waals surface area (Å²) in [6.07, 6.45) is 5.54. The highest BCUT2D eigenvalue weighted by atomic mass is 32.1. The van der Waals surface area contributed by atoms with E-state index in [9.17, 15) is 29.5 Å². The van der Waals surface area contributed by atoms with Gasteiger partial charge in [0.05, 0.1) is 46.4 Å². The number of pyridine rings is 1. The van der Waals surface area contributed by atoms with Crippen LogP contribution in [0.5, 0.6) is 0 Å². The highest BCUT2D eigenvalue weighted by Crippen LogP contribution is 2.39. The molecule has 2 aliphatic rings. The third-order valence-electron chi connectivity index (χ3n) is 11.7. The van der Waals surface area contributed by atoms with Crippen molar-refractivity contribution in [3.05, 3.63) is 83.1 Å². The number of likely N-dealkylation sites (tertiary alicyclic amines) is 1. The molecule has 5 heterocycles. The number of carbonyl (C=O) groups excluding carboxylic acids is 4. The van der Waals surface area contributed by atoms with Crippen LogP contribution in [0.15, 0.2) is 67.0 Å². The molecule has 1 aromatic carbocycles. The molecule has 62 heavy (non-hydrogen) atoms. The number of benzene rings is 1. The molecule has 0 spiro atoms. The maximum atomic E-state index is 14.0. The maximum Gasteiger partial charge on any atom is 0.246 e. The normalized spacial score (nSPS) is 19.9. The lowest BCUT2D eigenvalue weighted by molar-refractivity contribution is -0.144. The largest absolute Gasteiger partial charge is 0.391 e. The molecule has 5 aromatic rings. The van der Waals surface area contributed by atoms with Crippen LogP contribution in [0.25, 0.3) is 27.5 Å². The van der Waals surface area contributed by atoms with Crippen molar-refractivity contribution in [3.8, 4) is 28.0 Å². The van der Waals surface area contributed by atoms with E-state index in [-0.39, 0.29) is 55.6 Å². The summed E-state index contributed by atoms with van der Waals surface area (Å²) in [5.74, 6) is -1.31. The second-order valence-electron chi connectivity index (χ2n) is 17.2. The number of nitriles is 1. The number of amides is 4. The number of carbonyl (C=O) groups is 4. The monoisotopic (exact) mass is 859 g/mol. The molecule has 0 radical (unpaired) electrons. The number of aliphatic hydroxyl groups is 1. The van der Waals surface area contributed by atoms with Crippen LogP contribution in [0, 0.1) is 16.7 Å². The first-order valence-electron chi connectivity index (χ1n) is 21.0. The van der Waals surface area contributed by atoms with E-state index in [2.05, 4.69) is 42.6 Å². The van der Waals surface area contributed by atoms with Gasteiger partial charge in [-0.1, -0.05) is 62.4 Å². The number of aromatic nitrogens is 5. The first kappa shape index (κ1) is 43.8. The van der Waals surface area contributed by atoms with E-state index in [0.717, 1.165) is 69.4 Å². The van der Waals surface area contributed by atoms with Gasteiger partial charge in [-0.2, -0.15) is 10.4 Å². The van der Waals surface area contributed by atoms with Gasteiger partial charge in [0.1, 0.15) is 23.2 Å². The van der Waals surface area contributed by atoms with Gasteiger partial charge in [-0.15, -0.1) is 10.2 Å². The minimum absolute atomic E-state index is 0.0224. The molecular formula is C45H53N11O5S. The van der Waals surface area contributed by atoms with E-state index >= 15 is 0 Å². The molecule has 1 saturated carbocycles. The Labute approximate surface area is 364 Å². The summed E-state index contributed by atoms with van der Waals surface area (Å²) < 4.78 is 1.75. The molecule has 4 amide bonds. The van der Waals surface area contributed by atoms with Gasteiger partial charge >= 0.3 is 0 Å². The summed E-state index contributed by atoms with van der Waals surface area (Å²) in [5.41, 5.74) is 4.68. The van der Waals surface area contributed by atoms with Gasteiger partial charge in [0, 0.05) is 56.7 Å². The Balaban J connectivity index is 0.890. The van der Waals surface area contributed by atoms with Crippen LogP contribution in [0.1, 0.15) is 101 Å². The number of nitrogens with zero attached hydrogens (tertiary/aromatic N) is 7. The molecule has 4 aromatic heterocycles. The van der Waals surface area contributed by atoms with Crippen LogP contribution in [-0.2, 0) is 19.2 Å². The van der Waals surface area contributed by atoms with E-state index < -0.39 is 35.4 Å². The van der Waals surface area contributed by atoms with Crippen LogP contribution >= 0.6 is 11.3 Å². The summed E-state index contributed by atoms with van der Waals surface area (Å²) in [6, 6.07) is 16.9. The van der Waals surface area contributed by atoms with Crippen LogP contribution in [-0.4, -0.2) is 96.3 Å². The Hall–Kier alpha value is -6.25. The Morgan fingerprint density at radius 1 is 0.968 bits per heavy atom. The fraction of sp³-hybridized carbons (Fsp3) is 0.444. The zero-order valence-electron chi connectivity index (χ0n) is 35.6. The molecule has 2 fully saturated rings. The molecule has 1 saturated heterocycles. The lowest BCUT2D eigenvalue weighted by atomic mass is 9.85. The van der Waals surface area contributed by atoms with Crippen molar-refractivity contribution in [3.63, 3.8) is 0 Å². The molecular weight excluding hydrogens is 807 g/mol. The molecule has 7 rings (SSSR count). The van der Waals surface area contributed by atoms with E-state index in [1.165, 1.54) is 22.4 Å². The smallest absolute Gasteiger partial charge is 0.246 e. The molecule has 4 atom stereocenters. The zero-order chi connectivity index (χ0) is 44.1. The van der Waals surface area contributed by atoms with E-state index in [4.69, 9.17) is 4.98 Å². The summed E-state index contributed by atoms with van der Waals surface area (Å²) in [4.78, 5) is 59.8. The molecule has 0 unspecified atom stereocenters. The van der Waals surface area contributed by atoms with Gasteiger partial charge in [-0.05, 0) is 67.9 Å². The van der Waals surface area contributed by atoms with Crippen molar-refractivity contribution in [2.75, 3.05) is 18.9 Å².